The van der Waals surface area contributed by atoms with Crippen LogP contribution >= 0.6 is 0 Å². The van der Waals surface area contributed by atoms with Gasteiger partial charge >= 0.3 is 0 Å². The number of amides is 1. The third-order valence-electron chi connectivity index (χ3n) is 7.12. The van der Waals surface area contributed by atoms with Crippen molar-refractivity contribution in [3.05, 3.63) is 58.4 Å². The average Bonchev–Trinajstić information content (AvgIpc) is 3.30. The molecule has 3 heterocycles. The Labute approximate surface area is 183 Å². The summed E-state index contributed by atoms with van der Waals surface area (Å²) in [6, 6.07) is 9.38. The zero-order valence-corrected chi connectivity index (χ0v) is 18.3. The quantitative estimate of drug-likeness (QED) is 0.713. The van der Waals surface area contributed by atoms with E-state index in [1.54, 1.807) is 11.0 Å². The average molecular weight is 424 g/mol. The van der Waals surface area contributed by atoms with E-state index in [-0.39, 0.29) is 17.8 Å². The molecule has 1 N–H and O–H groups in total. The van der Waals surface area contributed by atoms with E-state index in [0.717, 1.165) is 72.5 Å². The van der Waals surface area contributed by atoms with Gasteiger partial charge in [0.05, 0.1) is 5.56 Å². The number of unbranched alkanes of at least 4 members (excludes halogenated alkanes) is 1. The molecule has 0 radical (unpaired) electrons. The van der Waals surface area contributed by atoms with Crippen molar-refractivity contribution in [3.8, 4) is 5.75 Å². The molecule has 0 saturated heterocycles. The van der Waals surface area contributed by atoms with Gasteiger partial charge in [0.1, 0.15) is 18.2 Å². The Morgan fingerprint density at radius 1 is 1.26 bits per heavy atom. The summed E-state index contributed by atoms with van der Waals surface area (Å²) < 4.78 is 19.6. The van der Waals surface area contributed by atoms with Crippen molar-refractivity contribution in [2.24, 2.45) is 0 Å². The second kappa shape index (κ2) is 8.15. The Hall–Kier alpha value is -2.60. The zero-order chi connectivity index (χ0) is 21.5. The van der Waals surface area contributed by atoms with Gasteiger partial charge in [-0.1, -0.05) is 12.5 Å². The zero-order valence-electron chi connectivity index (χ0n) is 18.3. The normalized spacial score (nSPS) is 21.5. The molecule has 0 spiro atoms. The van der Waals surface area contributed by atoms with Gasteiger partial charge in [-0.2, -0.15) is 0 Å². The highest BCUT2D eigenvalue weighted by Gasteiger charge is 2.33. The summed E-state index contributed by atoms with van der Waals surface area (Å²) in [4.78, 5) is 16.8. The molecule has 0 bridgehead atoms. The first kappa shape index (κ1) is 20.3. The van der Waals surface area contributed by atoms with Crippen LogP contribution in [0.1, 0.15) is 52.2 Å². The maximum atomic E-state index is 13.6. The molecule has 2 aromatic rings. The fourth-order valence-electron chi connectivity index (χ4n) is 5.26. The van der Waals surface area contributed by atoms with Crippen LogP contribution in [-0.4, -0.2) is 55.5 Å². The van der Waals surface area contributed by atoms with Crippen molar-refractivity contribution in [2.75, 3.05) is 39.1 Å². The fraction of sp³-hybridized carbons (Fsp3) is 0.480. The number of halogens is 1. The number of anilines is 1. The maximum Gasteiger partial charge on any atom is 0.254 e. The van der Waals surface area contributed by atoms with Crippen molar-refractivity contribution in [2.45, 2.75) is 44.2 Å². The molecule has 6 heteroatoms. The molecule has 0 fully saturated rings. The van der Waals surface area contributed by atoms with Gasteiger partial charge in [0, 0.05) is 43.3 Å². The SMILES string of the molecule is CN1Cc2ccc3c(c2C1=O)CC(N(C)CCCCC1CNc2ccc(F)cc21)CO3. The van der Waals surface area contributed by atoms with Crippen molar-refractivity contribution < 1.29 is 13.9 Å². The Balaban J connectivity index is 1.16. The minimum Gasteiger partial charge on any atom is -0.492 e. The topological polar surface area (TPSA) is 44.8 Å². The second-order valence-electron chi connectivity index (χ2n) is 9.19. The van der Waals surface area contributed by atoms with Gasteiger partial charge < -0.3 is 15.0 Å². The summed E-state index contributed by atoms with van der Waals surface area (Å²) in [6.45, 7) is 3.23. The van der Waals surface area contributed by atoms with E-state index in [1.807, 2.05) is 25.2 Å². The minimum atomic E-state index is -0.152. The third-order valence-corrected chi connectivity index (χ3v) is 7.12. The molecule has 2 atom stereocenters. The van der Waals surface area contributed by atoms with Crippen molar-refractivity contribution in [3.63, 3.8) is 0 Å². The van der Waals surface area contributed by atoms with E-state index in [0.29, 0.717) is 19.1 Å². The van der Waals surface area contributed by atoms with Gasteiger partial charge in [0.15, 0.2) is 0 Å². The van der Waals surface area contributed by atoms with Gasteiger partial charge in [-0.25, -0.2) is 4.39 Å². The number of rotatable bonds is 6. The van der Waals surface area contributed by atoms with Crippen LogP contribution in [0.3, 0.4) is 0 Å². The number of carbonyl (C=O) groups is 1. The number of hydrogen-bond acceptors (Lipinski definition) is 4. The Morgan fingerprint density at radius 2 is 2.13 bits per heavy atom. The minimum absolute atomic E-state index is 0.112. The number of fused-ring (bicyclic) bond motifs is 4. The molecule has 2 aromatic carbocycles. The number of nitrogens with one attached hydrogen (secondary N) is 1. The van der Waals surface area contributed by atoms with E-state index in [4.69, 9.17) is 4.74 Å². The molecular formula is C25H30FN3O2. The van der Waals surface area contributed by atoms with E-state index >= 15 is 0 Å². The Kier molecular flexibility index (Phi) is 5.34. The van der Waals surface area contributed by atoms with Crippen molar-refractivity contribution in [1.29, 1.82) is 0 Å². The fourth-order valence-corrected chi connectivity index (χ4v) is 5.26. The molecule has 164 valence electrons. The van der Waals surface area contributed by atoms with Gasteiger partial charge in [-0.3, -0.25) is 9.69 Å². The molecule has 1 amide bonds. The number of ether oxygens (including phenoxy) is 1. The van der Waals surface area contributed by atoms with E-state index < -0.39 is 0 Å². The Morgan fingerprint density at radius 3 is 3.00 bits per heavy atom. The molecule has 3 aliphatic rings. The largest absolute Gasteiger partial charge is 0.492 e. The summed E-state index contributed by atoms with van der Waals surface area (Å²) in [5.74, 6) is 1.22. The van der Waals surface area contributed by atoms with Crippen LogP contribution in [0, 0.1) is 5.82 Å². The predicted molar refractivity (Wildman–Crippen MR) is 119 cm³/mol. The van der Waals surface area contributed by atoms with E-state index in [2.05, 4.69) is 17.3 Å². The third kappa shape index (κ3) is 3.78. The lowest BCUT2D eigenvalue weighted by atomic mass is 9.93. The number of benzene rings is 2. The summed E-state index contributed by atoms with van der Waals surface area (Å²) in [7, 11) is 4.01. The van der Waals surface area contributed by atoms with Crippen LogP contribution in [0.15, 0.2) is 30.3 Å². The highest BCUT2D eigenvalue weighted by molar-refractivity contribution is 6.00. The molecule has 0 saturated carbocycles. The smallest absolute Gasteiger partial charge is 0.254 e. The van der Waals surface area contributed by atoms with Crippen molar-refractivity contribution in [1.82, 2.24) is 9.80 Å². The Bertz CT molecular complexity index is 1010. The number of nitrogens with zero attached hydrogens (tertiary/aromatic N) is 2. The van der Waals surface area contributed by atoms with E-state index in [1.165, 1.54) is 6.07 Å². The summed E-state index contributed by atoms with van der Waals surface area (Å²) in [6.07, 6.45) is 4.12. The first-order chi connectivity index (χ1) is 15.0. The standard InChI is InChI=1S/C25H30FN3O2/c1-28(10-4-3-5-16-13-27-22-8-7-18(26)11-20(16)22)19-12-21-23(31-15-19)9-6-17-14-29(2)25(30)24(17)21/h6-9,11,16,19,27H,3-5,10,12-15H2,1-2H3. The highest BCUT2D eigenvalue weighted by Crippen LogP contribution is 2.36. The molecular weight excluding hydrogens is 393 g/mol. The molecule has 3 aliphatic heterocycles. The molecule has 0 aromatic heterocycles. The first-order valence-corrected chi connectivity index (χ1v) is 11.3. The van der Waals surface area contributed by atoms with Crippen LogP contribution < -0.4 is 10.1 Å². The summed E-state index contributed by atoms with van der Waals surface area (Å²) in [5, 5.41) is 3.39. The lowest BCUT2D eigenvalue weighted by Crippen LogP contribution is -2.41. The van der Waals surface area contributed by atoms with Crippen LogP contribution in [0.5, 0.6) is 5.75 Å². The van der Waals surface area contributed by atoms with Gasteiger partial charge in [-0.15, -0.1) is 0 Å². The second-order valence-corrected chi connectivity index (χ2v) is 9.19. The maximum absolute atomic E-state index is 13.6. The molecule has 31 heavy (non-hydrogen) atoms. The van der Waals surface area contributed by atoms with E-state index in [9.17, 15) is 9.18 Å². The van der Waals surface area contributed by atoms with Crippen LogP contribution in [-0.2, 0) is 13.0 Å². The highest BCUT2D eigenvalue weighted by atomic mass is 19.1. The van der Waals surface area contributed by atoms with Crippen LogP contribution in [0.2, 0.25) is 0 Å². The number of hydrogen-bond donors (Lipinski definition) is 1. The molecule has 2 unspecified atom stereocenters. The predicted octanol–water partition coefficient (Wildman–Crippen LogP) is 4.03. The number of carbonyl (C=O) groups excluding carboxylic acids is 1. The molecule has 5 rings (SSSR count). The lowest BCUT2D eigenvalue weighted by molar-refractivity contribution is 0.0812. The van der Waals surface area contributed by atoms with Gasteiger partial charge in [0.2, 0.25) is 0 Å². The first-order valence-electron chi connectivity index (χ1n) is 11.3. The van der Waals surface area contributed by atoms with Crippen LogP contribution in [0.4, 0.5) is 10.1 Å². The van der Waals surface area contributed by atoms with Crippen LogP contribution in [0.25, 0.3) is 0 Å². The molecule has 0 aliphatic carbocycles. The lowest BCUT2D eigenvalue weighted by Gasteiger charge is -2.33. The summed E-state index contributed by atoms with van der Waals surface area (Å²) in [5.41, 5.74) is 5.24. The van der Waals surface area contributed by atoms with Crippen molar-refractivity contribution >= 4 is 11.6 Å². The van der Waals surface area contributed by atoms with Gasteiger partial charge in [-0.05, 0) is 68.2 Å². The summed E-state index contributed by atoms with van der Waals surface area (Å²) >= 11 is 0. The molecule has 5 nitrogen and oxygen atoms in total. The number of likely N-dealkylation sites (N-methyl/N-ethyl adjacent to an activating group) is 1. The monoisotopic (exact) mass is 423 g/mol. The van der Waals surface area contributed by atoms with Gasteiger partial charge in [0.25, 0.3) is 5.91 Å².